The van der Waals surface area contributed by atoms with Crippen LogP contribution in [-0.4, -0.2) is 74.2 Å². The number of sulfonamides is 1. The molecule has 7 heteroatoms. The molecule has 1 aliphatic rings. The molecule has 2 aromatic rings. The van der Waals surface area contributed by atoms with Gasteiger partial charge in [0.15, 0.2) is 0 Å². The standard InChI is InChI=1S/C24H31N3O3S/c1-3-27(4-2)31(29,30)23-14-12-22(13-15-23)24(28)26-19-17-25(18-20-26)16-8-11-21-9-6-5-7-10-21/h5-15H,3-4,16-20H2,1-2H3/b11-8+. The van der Waals surface area contributed by atoms with Crippen LogP contribution in [0.1, 0.15) is 29.8 Å². The first-order chi connectivity index (χ1) is 15.0. The molecular weight excluding hydrogens is 410 g/mol. The molecule has 1 heterocycles. The van der Waals surface area contributed by atoms with Crippen LogP contribution in [-0.2, 0) is 10.0 Å². The SMILES string of the molecule is CCN(CC)S(=O)(=O)c1ccc(C(=O)N2CCN(C/C=C/c3ccccc3)CC2)cc1. The van der Waals surface area contributed by atoms with Crippen LogP contribution in [0.2, 0.25) is 0 Å². The van der Waals surface area contributed by atoms with Crippen molar-refractivity contribution in [2.24, 2.45) is 0 Å². The highest BCUT2D eigenvalue weighted by Gasteiger charge is 2.24. The van der Waals surface area contributed by atoms with Crippen LogP contribution >= 0.6 is 0 Å². The summed E-state index contributed by atoms with van der Waals surface area (Å²) in [6.45, 7) is 8.29. The molecule has 3 rings (SSSR count). The van der Waals surface area contributed by atoms with Gasteiger partial charge in [-0.3, -0.25) is 9.69 Å². The molecule has 1 aliphatic heterocycles. The predicted octanol–water partition coefficient (Wildman–Crippen LogP) is 3.19. The Morgan fingerprint density at radius 1 is 0.935 bits per heavy atom. The number of carbonyl (C=O) groups is 1. The first kappa shape index (κ1) is 23.2. The molecule has 0 bridgehead atoms. The van der Waals surface area contributed by atoms with Gasteiger partial charge in [0, 0.05) is 51.4 Å². The quantitative estimate of drug-likeness (QED) is 0.631. The molecule has 1 saturated heterocycles. The van der Waals surface area contributed by atoms with E-state index < -0.39 is 10.0 Å². The van der Waals surface area contributed by atoms with E-state index in [0.29, 0.717) is 31.7 Å². The third-order valence-corrected chi connectivity index (χ3v) is 7.64. The second-order valence-corrected chi connectivity index (χ2v) is 9.46. The summed E-state index contributed by atoms with van der Waals surface area (Å²) >= 11 is 0. The minimum atomic E-state index is -3.51. The summed E-state index contributed by atoms with van der Waals surface area (Å²) in [5.74, 6) is -0.0498. The molecule has 166 valence electrons. The van der Waals surface area contributed by atoms with Crippen LogP contribution in [0.4, 0.5) is 0 Å². The fraction of sp³-hybridized carbons (Fsp3) is 0.375. The Kier molecular flexibility index (Phi) is 8.01. The van der Waals surface area contributed by atoms with Crippen LogP contribution in [0.5, 0.6) is 0 Å². The van der Waals surface area contributed by atoms with E-state index in [1.165, 1.54) is 22.0 Å². The first-order valence-corrected chi connectivity index (χ1v) is 12.2. The third kappa shape index (κ3) is 5.81. The lowest BCUT2D eigenvalue weighted by atomic mass is 10.2. The van der Waals surface area contributed by atoms with Crippen molar-refractivity contribution >= 4 is 22.0 Å². The smallest absolute Gasteiger partial charge is 0.253 e. The van der Waals surface area contributed by atoms with Gasteiger partial charge in [-0.2, -0.15) is 4.31 Å². The fourth-order valence-corrected chi connectivity index (χ4v) is 5.16. The van der Waals surface area contributed by atoms with E-state index in [2.05, 4.69) is 29.2 Å². The van der Waals surface area contributed by atoms with E-state index in [1.54, 1.807) is 12.1 Å². The maximum Gasteiger partial charge on any atom is 0.253 e. The number of rotatable bonds is 8. The number of piperazine rings is 1. The van der Waals surface area contributed by atoms with Gasteiger partial charge in [0.2, 0.25) is 10.0 Å². The number of hydrogen-bond donors (Lipinski definition) is 0. The van der Waals surface area contributed by atoms with E-state index in [-0.39, 0.29) is 10.8 Å². The average molecular weight is 442 g/mol. The van der Waals surface area contributed by atoms with Gasteiger partial charge in [0.1, 0.15) is 0 Å². The predicted molar refractivity (Wildman–Crippen MR) is 124 cm³/mol. The Morgan fingerprint density at radius 2 is 1.55 bits per heavy atom. The number of amides is 1. The largest absolute Gasteiger partial charge is 0.336 e. The zero-order chi connectivity index (χ0) is 22.3. The normalized spacial score (nSPS) is 15.6. The molecule has 1 fully saturated rings. The molecule has 0 atom stereocenters. The van der Waals surface area contributed by atoms with Crippen molar-refractivity contribution in [1.29, 1.82) is 0 Å². The van der Waals surface area contributed by atoms with Gasteiger partial charge in [0.25, 0.3) is 5.91 Å². The fourth-order valence-electron chi connectivity index (χ4n) is 3.70. The number of benzene rings is 2. The number of hydrogen-bond acceptors (Lipinski definition) is 4. The Bertz CT molecular complexity index is 976. The molecule has 0 unspecified atom stereocenters. The molecule has 6 nitrogen and oxygen atoms in total. The van der Waals surface area contributed by atoms with Gasteiger partial charge in [0.05, 0.1) is 4.90 Å². The molecule has 0 N–H and O–H groups in total. The highest BCUT2D eigenvalue weighted by atomic mass is 32.2. The second-order valence-electron chi connectivity index (χ2n) is 7.52. The molecule has 0 aliphatic carbocycles. The van der Waals surface area contributed by atoms with Gasteiger partial charge in [-0.1, -0.05) is 56.3 Å². The van der Waals surface area contributed by atoms with Gasteiger partial charge in [-0.15, -0.1) is 0 Å². The van der Waals surface area contributed by atoms with Crippen molar-refractivity contribution in [1.82, 2.24) is 14.1 Å². The summed E-state index contributed by atoms with van der Waals surface area (Å²) in [7, 11) is -3.51. The molecule has 0 spiro atoms. The molecular formula is C24H31N3O3S. The van der Waals surface area contributed by atoms with Crippen molar-refractivity contribution in [3.63, 3.8) is 0 Å². The second kappa shape index (κ2) is 10.7. The first-order valence-electron chi connectivity index (χ1n) is 10.8. The Labute approximate surface area is 185 Å². The van der Waals surface area contributed by atoms with E-state index in [9.17, 15) is 13.2 Å². The molecule has 31 heavy (non-hydrogen) atoms. The van der Waals surface area contributed by atoms with Crippen LogP contribution in [0, 0.1) is 0 Å². The van der Waals surface area contributed by atoms with Crippen molar-refractivity contribution in [2.45, 2.75) is 18.7 Å². The minimum absolute atomic E-state index is 0.0498. The van der Waals surface area contributed by atoms with Crippen molar-refractivity contribution in [2.75, 3.05) is 45.8 Å². The zero-order valence-electron chi connectivity index (χ0n) is 18.3. The van der Waals surface area contributed by atoms with Crippen molar-refractivity contribution < 1.29 is 13.2 Å². The van der Waals surface area contributed by atoms with Crippen molar-refractivity contribution in [3.8, 4) is 0 Å². The number of carbonyl (C=O) groups excluding carboxylic acids is 1. The molecule has 0 saturated carbocycles. The Balaban J connectivity index is 1.54. The molecule has 2 aromatic carbocycles. The molecule has 1 amide bonds. The van der Waals surface area contributed by atoms with Crippen LogP contribution < -0.4 is 0 Å². The highest BCUT2D eigenvalue weighted by Crippen LogP contribution is 2.17. The van der Waals surface area contributed by atoms with E-state index in [4.69, 9.17) is 0 Å². The zero-order valence-corrected chi connectivity index (χ0v) is 19.1. The maximum atomic E-state index is 12.8. The average Bonchev–Trinajstić information content (AvgIpc) is 2.80. The summed E-state index contributed by atoms with van der Waals surface area (Å²) in [5, 5.41) is 0. The lowest BCUT2D eigenvalue weighted by Crippen LogP contribution is -2.48. The van der Waals surface area contributed by atoms with Crippen LogP contribution in [0.15, 0.2) is 65.6 Å². The summed E-state index contributed by atoms with van der Waals surface area (Å²) in [4.78, 5) is 17.2. The van der Waals surface area contributed by atoms with Gasteiger partial charge in [-0.25, -0.2) is 8.42 Å². The van der Waals surface area contributed by atoms with E-state index in [1.807, 2.05) is 36.9 Å². The monoisotopic (exact) mass is 441 g/mol. The maximum absolute atomic E-state index is 12.8. The summed E-state index contributed by atoms with van der Waals surface area (Å²) in [6, 6.07) is 16.5. The third-order valence-electron chi connectivity index (χ3n) is 5.58. The van der Waals surface area contributed by atoms with Crippen LogP contribution in [0.25, 0.3) is 6.08 Å². The summed E-state index contributed by atoms with van der Waals surface area (Å²) in [6.07, 6.45) is 4.27. The lowest BCUT2D eigenvalue weighted by Gasteiger charge is -2.34. The Hall–Kier alpha value is -2.48. The lowest BCUT2D eigenvalue weighted by molar-refractivity contribution is 0.0650. The minimum Gasteiger partial charge on any atom is -0.336 e. The highest BCUT2D eigenvalue weighted by molar-refractivity contribution is 7.89. The molecule has 0 aromatic heterocycles. The van der Waals surface area contributed by atoms with Gasteiger partial charge >= 0.3 is 0 Å². The Morgan fingerprint density at radius 3 is 2.13 bits per heavy atom. The van der Waals surface area contributed by atoms with Gasteiger partial charge in [-0.05, 0) is 29.8 Å². The van der Waals surface area contributed by atoms with E-state index >= 15 is 0 Å². The summed E-state index contributed by atoms with van der Waals surface area (Å²) in [5.41, 5.74) is 1.71. The molecule has 0 radical (unpaired) electrons. The van der Waals surface area contributed by atoms with Crippen molar-refractivity contribution in [3.05, 3.63) is 71.8 Å². The van der Waals surface area contributed by atoms with Gasteiger partial charge < -0.3 is 4.90 Å². The number of nitrogens with zero attached hydrogens (tertiary/aromatic N) is 3. The van der Waals surface area contributed by atoms with E-state index in [0.717, 1.165) is 19.6 Å². The van der Waals surface area contributed by atoms with Crippen LogP contribution in [0.3, 0.4) is 0 Å². The topological polar surface area (TPSA) is 60.9 Å². The summed E-state index contributed by atoms with van der Waals surface area (Å²) < 4.78 is 26.6.